The van der Waals surface area contributed by atoms with Crippen molar-refractivity contribution in [3.8, 4) is 0 Å². The highest BCUT2D eigenvalue weighted by Crippen LogP contribution is 2.02. The molecule has 0 saturated heterocycles. The van der Waals surface area contributed by atoms with Crippen LogP contribution in [-0.2, 0) is 61.3 Å². The van der Waals surface area contributed by atoms with Crippen molar-refractivity contribution in [2.24, 2.45) is 0 Å². The summed E-state index contributed by atoms with van der Waals surface area (Å²) in [5, 5.41) is 0. The third kappa shape index (κ3) is 45.7. The molecule has 0 bridgehead atoms. The lowest BCUT2D eigenvalue weighted by atomic mass is 10.2. The van der Waals surface area contributed by atoms with Gasteiger partial charge in [0, 0.05) is 6.61 Å². The van der Waals surface area contributed by atoms with Gasteiger partial charge in [-0.05, 0) is 26.1 Å². The molecule has 13 nitrogen and oxygen atoms in total. The van der Waals surface area contributed by atoms with Crippen molar-refractivity contribution in [2.45, 2.75) is 58.7 Å². The van der Waals surface area contributed by atoms with Gasteiger partial charge in [0.15, 0.2) is 8.32 Å². The Labute approximate surface area is 293 Å². The van der Waals surface area contributed by atoms with E-state index >= 15 is 0 Å². The van der Waals surface area contributed by atoms with Crippen molar-refractivity contribution in [2.75, 3.05) is 165 Å². The van der Waals surface area contributed by atoms with Crippen molar-refractivity contribution in [3.05, 3.63) is 0 Å². The van der Waals surface area contributed by atoms with Crippen molar-refractivity contribution < 1.29 is 61.3 Å². The lowest BCUT2D eigenvalue weighted by Crippen LogP contribution is -2.27. The molecule has 0 aliphatic carbocycles. The lowest BCUT2D eigenvalue weighted by Gasteiger charge is -2.16. The number of unbranched alkanes of at least 4 members (excludes halogenated alkanes) is 4. The molecule has 14 heteroatoms. The summed E-state index contributed by atoms with van der Waals surface area (Å²) in [6.45, 7) is 22.7. The van der Waals surface area contributed by atoms with Gasteiger partial charge in [-0.3, -0.25) is 0 Å². The van der Waals surface area contributed by atoms with Gasteiger partial charge in [-0.2, -0.15) is 0 Å². The average molecular weight is 717 g/mol. The Morgan fingerprint density at radius 2 is 0.458 bits per heavy atom. The molecule has 0 atom stereocenters. The highest BCUT2D eigenvalue weighted by atomic mass is 28.4. The second-order valence-corrected chi connectivity index (χ2v) is 16.2. The minimum atomic E-state index is -1.45. The van der Waals surface area contributed by atoms with E-state index in [1.165, 1.54) is 25.7 Å². The molecular formula is C34H72O13Si. The van der Waals surface area contributed by atoms with Gasteiger partial charge in [0.25, 0.3) is 0 Å². The molecule has 0 radical (unpaired) electrons. The predicted octanol–water partition coefficient (Wildman–Crippen LogP) is 4.01. The van der Waals surface area contributed by atoms with Crippen LogP contribution in [0.4, 0.5) is 0 Å². The summed E-state index contributed by atoms with van der Waals surface area (Å²) in [6.07, 6.45) is 6.28. The first-order chi connectivity index (χ1) is 23.6. The van der Waals surface area contributed by atoms with Gasteiger partial charge in [-0.15, -0.1) is 0 Å². The highest BCUT2D eigenvalue weighted by molar-refractivity contribution is 6.69. The minimum absolute atomic E-state index is 0.516. The smallest absolute Gasteiger partial charge is 0.183 e. The summed E-state index contributed by atoms with van der Waals surface area (Å²) in [7, 11) is -1.45. The van der Waals surface area contributed by atoms with Crippen LogP contribution in [0.15, 0.2) is 0 Å². The number of hydrogen-bond acceptors (Lipinski definition) is 13. The fourth-order valence-electron chi connectivity index (χ4n) is 3.74. The summed E-state index contributed by atoms with van der Waals surface area (Å²) in [4.78, 5) is 0. The molecule has 0 spiro atoms. The van der Waals surface area contributed by atoms with E-state index in [4.69, 9.17) is 61.3 Å². The molecule has 0 fully saturated rings. The SMILES string of the molecule is CCCCCCCOCCOCCOCCOCCOCCOCCOCCOCCOCCOCCOCCOCCO[Si](C)(C)C. The molecule has 48 heavy (non-hydrogen) atoms. The van der Waals surface area contributed by atoms with Crippen molar-refractivity contribution in [1.82, 2.24) is 0 Å². The van der Waals surface area contributed by atoms with Crippen LogP contribution >= 0.6 is 0 Å². The molecule has 0 N–H and O–H groups in total. The zero-order valence-electron chi connectivity index (χ0n) is 31.0. The first-order valence-electron chi connectivity index (χ1n) is 18.1. The fraction of sp³-hybridized carbons (Fsp3) is 1.00. The molecule has 290 valence electrons. The number of rotatable bonds is 43. The monoisotopic (exact) mass is 716 g/mol. The first-order valence-corrected chi connectivity index (χ1v) is 21.5. The third-order valence-electron chi connectivity index (χ3n) is 6.25. The van der Waals surface area contributed by atoms with Crippen LogP contribution in [0.25, 0.3) is 0 Å². The van der Waals surface area contributed by atoms with Crippen LogP contribution in [0.1, 0.15) is 39.0 Å². The number of ether oxygens (including phenoxy) is 12. The van der Waals surface area contributed by atoms with E-state index in [9.17, 15) is 0 Å². The largest absolute Gasteiger partial charge is 0.415 e. The minimum Gasteiger partial charge on any atom is -0.415 e. The topological polar surface area (TPSA) is 120 Å². The van der Waals surface area contributed by atoms with Crippen molar-refractivity contribution in [1.29, 1.82) is 0 Å². The maximum absolute atomic E-state index is 5.72. The quantitative estimate of drug-likeness (QED) is 0.0669. The molecule has 0 amide bonds. The fourth-order valence-corrected chi connectivity index (χ4v) is 4.43. The lowest BCUT2D eigenvalue weighted by molar-refractivity contribution is -0.0285. The Bertz CT molecular complexity index is 588. The van der Waals surface area contributed by atoms with Crippen molar-refractivity contribution in [3.63, 3.8) is 0 Å². The van der Waals surface area contributed by atoms with E-state index in [0.29, 0.717) is 159 Å². The van der Waals surface area contributed by atoms with E-state index in [0.717, 1.165) is 13.0 Å². The highest BCUT2D eigenvalue weighted by Gasteiger charge is 2.13. The Hall–Kier alpha value is -0.303. The zero-order chi connectivity index (χ0) is 34.9. The van der Waals surface area contributed by atoms with E-state index in [1.54, 1.807) is 0 Å². The van der Waals surface area contributed by atoms with Crippen LogP contribution in [0.3, 0.4) is 0 Å². The maximum Gasteiger partial charge on any atom is 0.183 e. The average Bonchev–Trinajstić information content (AvgIpc) is 3.06. The first kappa shape index (κ1) is 47.7. The summed E-state index contributed by atoms with van der Waals surface area (Å²) in [6, 6.07) is 0. The van der Waals surface area contributed by atoms with Gasteiger partial charge >= 0.3 is 0 Å². The predicted molar refractivity (Wildman–Crippen MR) is 188 cm³/mol. The normalized spacial score (nSPS) is 12.0. The summed E-state index contributed by atoms with van der Waals surface area (Å²) in [5.41, 5.74) is 0. The van der Waals surface area contributed by atoms with E-state index in [-0.39, 0.29) is 0 Å². The van der Waals surface area contributed by atoms with Crippen LogP contribution in [0.5, 0.6) is 0 Å². The molecule has 0 aliphatic rings. The summed E-state index contributed by atoms with van der Waals surface area (Å²) in [5.74, 6) is 0. The summed E-state index contributed by atoms with van der Waals surface area (Å²) < 4.78 is 71.7. The molecule has 0 aliphatic heterocycles. The second-order valence-electron chi connectivity index (χ2n) is 11.7. The van der Waals surface area contributed by atoms with E-state index in [1.807, 2.05) is 0 Å². The molecule has 0 aromatic rings. The van der Waals surface area contributed by atoms with Gasteiger partial charge in [0.1, 0.15) is 0 Å². The van der Waals surface area contributed by atoms with E-state index < -0.39 is 8.32 Å². The van der Waals surface area contributed by atoms with Gasteiger partial charge in [-0.1, -0.05) is 32.6 Å². The molecule has 0 aromatic carbocycles. The van der Waals surface area contributed by atoms with E-state index in [2.05, 4.69) is 26.6 Å². The second kappa shape index (κ2) is 41.1. The van der Waals surface area contributed by atoms with Gasteiger partial charge in [0.2, 0.25) is 0 Å². The standard InChI is InChI=1S/C34H72O13Si/c1-5-6-7-8-9-10-35-11-12-36-13-14-37-15-16-38-17-18-39-19-20-40-21-22-41-23-24-42-25-26-43-27-28-44-29-30-45-31-32-46-33-34-47-48(2,3)4/h5-34H2,1-4H3. The molecular weight excluding hydrogens is 644 g/mol. The van der Waals surface area contributed by atoms with Crippen LogP contribution in [-0.4, -0.2) is 173 Å². The van der Waals surface area contributed by atoms with Crippen LogP contribution < -0.4 is 0 Å². The van der Waals surface area contributed by atoms with Crippen molar-refractivity contribution >= 4 is 8.32 Å². The molecule has 0 rings (SSSR count). The zero-order valence-corrected chi connectivity index (χ0v) is 32.0. The Morgan fingerprint density at radius 3 is 0.688 bits per heavy atom. The Morgan fingerprint density at radius 1 is 0.250 bits per heavy atom. The van der Waals surface area contributed by atoms with Crippen LogP contribution in [0.2, 0.25) is 19.6 Å². The van der Waals surface area contributed by atoms with Gasteiger partial charge in [0.05, 0.1) is 159 Å². The maximum atomic E-state index is 5.72. The Kier molecular flexibility index (Phi) is 40.9. The van der Waals surface area contributed by atoms with Crippen LogP contribution in [0, 0.1) is 0 Å². The molecule has 0 heterocycles. The molecule has 0 unspecified atom stereocenters. The third-order valence-corrected chi connectivity index (χ3v) is 7.32. The van der Waals surface area contributed by atoms with Gasteiger partial charge in [-0.25, -0.2) is 0 Å². The summed E-state index contributed by atoms with van der Waals surface area (Å²) >= 11 is 0. The Balaban J connectivity index is 3.05. The van der Waals surface area contributed by atoms with Gasteiger partial charge < -0.3 is 61.3 Å². The molecule has 0 aromatic heterocycles. The molecule has 0 saturated carbocycles. The number of hydrogen-bond donors (Lipinski definition) is 0.